The molecule has 0 aliphatic heterocycles. The molecule has 0 aliphatic rings. The summed E-state index contributed by atoms with van der Waals surface area (Å²) in [6, 6.07) is 67.1. The van der Waals surface area contributed by atoms with Crippen LogP contribution < -0.4 is 0 Å². The molecule has 0 atom stereocenters. The number of aromatic nitrogens is 3. The SMILES string of the molecule is N#Cc1ccccc1-c1cc(-n2c3ccccc3c3ccccc32)cc(-n2c3ccccc3c3ccc4c(c5ccccc5n4-c4ccccc4)c32)c1. The molecule has 246 valence electrons. The Balaban J connectivity index is 1.32. The molecular weight excluding hydrogens is 645 g/mol. The van der Waals surface area contributed by atoms with Gasteiger partial charge in [0.25, 0.3) is 0 Å². The van der Waals surface area contributed by atoms with Crippen LogP contribution in [0.3, 0.4) is 0 Å². The summed E-state index contributed by atoms with van der Waals surface area (Å²) in [5.74, 6) is 0. The number of rotatable bonds is 4. The predicted octanol–water partition coefficient (Wildman–Crippen LogP) is 12.5. The third kappa shape index (κ3) is 4.22. The largest absolute Gasteiger partial charge is 0.309 e. The number of hydrogen-bond acceptors (Lipinski definition) is 1. The summed E-state index contributed by atoms with van der Waals surface area (Å²) in [6.45, 7) is 0. The van der Waals surface area contributed by atoms with E-state index in [4.69, 9.17) is 0 Å². The first kappa shape index (κ1) is 29.4. The number of nitriles is 1. The highest BCUT2D eigenvalue weighted by Crippen LogP contribution is 2.43. The van der Waals surface area contributed by atoms with Crippen LogP contribution in [0.1, 0.15) is 5.56 Å². The summed E-state index contributed by atoms with van der Waals surface area (Å²) in [5, 5.41) is 17.5. The molecule has 11 rings (SSSR count). The van der Waals surface area contributed by atoms with Crippen molar-refractivity contribution in [2.75, 3.05) is 0 Å². The van der Waals surface area contributed by atoms with Crippen molar-refractivity contribution < 1.29 is 0 Å². The second-order valence-corrected chi connectivity index (χ2v) is 13.7. The zero-order valence-electron chi connectivity index (χ0n) is 28.6. The van der Waals surface area contributed by atoms with Gasteiger partial charge in [0, 0.05) is 49.4 Å². The zero-order valence-corrected chi connectivity index (χ0v) is 28.6. The Hall–Kier alpha value is -7.35. The molecule has 4 nitrogen and oxygen atoms in total. The van der Waals surface area contributed by atoms with E-state index < -0.39 is 0 Å². The maximum absolute atomic E-state index is 10.3. The van der Waals surface area contributed by atoms with Gasteiger partial charge < -0.3 is 13.7 Å². The topological polar surface area (TPSA) is 38.6 Å². The molecule has 3 aromatic heterocycles. The lowest BCUT2D eigenvalue weighted by molar-refractivity contribution is 1.14. The summed E-state index contributed by atoms with van der Waals surface area (Å²) >= 11 is 0. The Morgan fingerprint density at radius 2 is 0.849 bits per heavy atom. The minimum Gasteiger partial charge on any atom is -0.309 e. The highest BCUT2D eigenvalue weighted by atomic mass is 15.0. The molecule has 0 aliphatic carbocycles. The third-order valence-corrected chi connectivity index (χ3v) is 10.8. The van der Waals surface area contributed by atoms with Gasteiger partial charge in [-0.1, -0.05) is 115 Å². The lowest BCUT2D eigenvalue weighted by atomic mass is 9.99. The number of para-hydroxylation sites is 5. The van der Waals surface area contributed by atoms with E-state index in [2.05, 4.69) is 184 Å². The van der Waals surface area contributed by atoms with Crippen LogP contribution in [0.25, 0.3) is 93.6 Å². The molecule has 0 unspecified atom stereocenters. The van der Waals surface area contributed by atoms with Gasteiger partial charge in [-0.2, -0.15) is 5.26 Å². The third-order valence-electron chi connectivity index (χ3n) is 10.8. The normalized spacial score (nSPS) is 11.8. The predicted molar refractivity (Wildman–Crippen MR) is 220 cm³/mol. The molecule has 0 saturated carbocycles. The van der Waals surface area contributed by atoms with E-state index in [0.29, 0.717) is 5.56 Å². The first-order chi connectivity index (χ1) is 26.3. The lowest BCUT2D eigenvalue weighted by Crippen LogP contribution is -2.01. The van der Waals surface area contributed by atoms with Crippen molar-refractivity contribution in [3.8, 4) is 34.3 Å². The van der Waals surface area contributed by atoms with E-state index >= 15 is 0 Å². The Bertz CT molecular complexity index is 3240. The van der Waals surface area contributed by atoms with Crippen molar-refractivity contribution in [3.63, 3.8) is 0 Å². The average molecular weight is 675 g/mol. The lowest BCUT2D eigenvalue weighted by Gasteiger charge is -2.17. The Morgan fingerprint density at radius 3 is 1.51 bits per heavy atom. The number of hydrogen-bond donors (Lipinski definition) is 0. The van der Waals surface area contributed by atoms with E-state index in [1.807, 2.05) is 18.2 Å². The van der Waals surface area contributed by atoms with E-state index in [9.17, 15) is 5.26 Å². The van der Waals surface area contributed by atoms with E-state index in [1.165, 1.54) is 37.8 Å². The van der Waals surface area contributed by atoms with Gasteiger partial charge in [0.15, 0.2) is 0 Å². The molecule has 4 heteroatoms. The summed E-state index contributed by atoms with van der Waals surface area (Å²) in [6.07, 6.45) is 0. The van der Waals surface area contributed by atoms with Gasteiger partial charge in [-0.15, -0.1) is 0 Å². The van der Waals surface area contributed by atoms with Crippen LogP contribution in [-0.4, -0.2) is 13.7 Å². The molecule has 0 saturated heterocycles. The van der Waals surface area contributed by atoms with E-state index in [-0.39, 0.29) is 0 Å². The zero-order chi connectivity index (χ0) is 35.0. The van der Waals surface area contributed by atoms with Gasteiger partial charge in [0.1, 0.15) is 0 Å². The first-order valence-electron chi connectivity index (χ1n) is 17.9. The maximum Gasteiger partial charge on any atom is 0.0998 e. The Labute approximate surface area is 305 Å². The minimum atomic E-state index is 0.647. The average Bonchev–Trinajstić information content (AvgIpc) is 3.87. The molecule has 3 heterocycles. The molecule has 53 heavy (non-hydrogen) atoms. The minimum absolute atomic E-state index is 0.647. The van der Waals surface area contributed by atoms with Crippen LogP contribution in [-0.2, 0) is 0 Å². The monoisotopic (exact) mass is 674 g/mol. The highest BCUT2D eigenvalue weighted by molar-refractivity contribution is 6.26. The molecule has 0 amide bonds. The van der Waals surface area contributed by atoms with Gasteiger partial charge in [-0.05, 0) is 77.9 Å². The summed E-state index contributed by atoms with van der Waals surface area (Å²) < 4.78 is 7.21. The van der Waals surface area contributed by atoms with Crippen LogP contribution >= 0.6 is 0 Å². The second-order valence-electron chi connectivity index (χ2n) is 13.7. The van der Waals surface area contributed by atoms with Crippen molar-refractivity contribution >= 4 is 65.4 Å². The number of benzene rings is 8. The fourth-order valence-electron chi connectivity index (χ4n) is 8.67. The highest BCUT2D eigenvalue weighted by Gasteiger charge is 2.22. The van der Waals surface area contributed by atoms with Gasteiger partial charge >= 0.3 is 0 Å². The first-order valence-corrected chi connectivity index (χ1v) is 17.9. The molecule has 8 aromatic carbocycles. The molecule has 0 bridgehead atoms. The van der Waals surface area contributed by atoms with Crippen molar-refractivity contribution in [1.82, 2.24) is 13.7 Å². The summed E-state index contributed by atoms with van der Waals surface area (Å²) in [4.78, 5) is 0. The number of nitrogens with zero attached hydrogens (tertiary/aromatic N) is 4. The fraction of sp³-hybridized carbons (Fsp3) is 0. The van der Waals surface area contributed by atoms with Crippen LogP contribution in [0.15, 0.2) is 182 Å². The van der Waals surface area contributed by atoms with Crippen LogP contribution in [0.4, 0.5) is 0 Å². The quantitative estimate of drug-likeness (QED) is 0.183. The smallest absolute Gasteiger partial charge is 0.0998 e. The van der Waals surface area contributed by atoms with Gasteiger partial charge in [0.2, 0.25) is 0 Å². The van der Waals surface area contributed by atoms with Gasteiger partial charge in [0.05, 0.1) is 44.7 Å². The Kier molecular flexibility index (Phi) is 6.28. The molecule has 0 N–H and O–H groups in total. The fourth-order valence-corrected chi connectivity index (χ4v) is 8.67. The van der Waals surface area contributed by atoms with Crippen molar-refractivity contribution in [2.45, 2.75) is 0 Å². The van der Waals surface area contributed by atoms with E-state index in [0.717, 1.165) is 55.8 Å². The Morgan fingerprint density at radius 1 is 0.358 bits per heavy atom. The standard InChI is InChI=1S/C49H30N4/c50-31-32-14-4-5-17-37(32)33-28-35(52-43-22-10-6-18-38(43)39-19-7-11-23-44(39)52)30-36(29-33)53-45-24-12-8-20-40(45)41-26-27-47-48(49(41)53)42-21-9-13-25-46(42)51(47)34-15-2-1-3-16-34/h1-30H. The summed E-state index contributed by atoms with van der Waals surface area (Å²) in [5.41, 5.74) is 12.6. The molecule has 0 radical (unpaired) electrons. The van der Waals surface area contributed by atoms with E-state index in [1.54, 1.807) is 0 Å². The van der Waals surface area contributed by atoms with Gasteiger partial charge in [-0.3, -0.25) is 0 Å². The maximum atomic E-state index is 10.3. The van der Waals surface area contributed by atoms with Crippen molar-refractivity contribution in [3.05, 3.63) is 188 Å². The van der Waals surface area contributed by atoms with Crippen LogP contribution in [0, 0.1) is 11.3 Å². The van der Waals surface area contributed by atoms with Crippen molar-refractivity contribution in [1.29, 1.82) is 5.26 Å². The van der Waals surface area contributed by atoms with Crippen LogP contribution in [0.2, 0.25) is 0 Å². The molecule has 11 aromatic rings. The molecule has 0 fully saturated rings. The van der Waals surface area contributed by atoms with Crippen molar-refractivity contribution in [2.24, 2.45) is 0 Å². The van der Waals surface area contributed by atoms with Crippen LogP contribution in [0.5, 0.6) is 0 Å². The number of fused-ring (bicyclic) bond motifs is 10. The molecular formula is C49H30N4. The molecule has 0 spiro atoms. The summed E-state index contributed by atoms with van der Waals surface area (Å²) in [7, 11) is 0. The van der Waals surface area contributed by atoms with Gasteiger partial charge in [-0.25, -0.2) is 0 Å². The second kappa shape index (κ2) is 11.3.